The van der Waals surface area contributed by atoms with Crippen molar-refractivity contribution in [3.05, 3.63) is 35.9 Å². The lowest BCUT2D eigenvalue weighted by Crippen LogP contribution is -2.31. The summed E-state index contributed by atoms with van der Waals surface area (Å²) in [6, 6.07) is 9.19. The van der Waals surface area contributed by atoms with E-state index in [9.17, 15) is 14.7 Å². The molecule has 120 valence electrons. The van der Waals surface area contributed by atoms with Gasteiger partial charge in [-0.05, 0) is 35.4 Å². The third-order valence-corrected chi connectivity index (χ3v) is 4.49. The van der Waals surface area contributed by atoms with E-state index < -0.39 is 0 Å². The quantitative estimate of drug-likeness (QED) is 0.883. The van der Waals surface area contributed by atoms with Gasteiger partial charge in [0.15, 0.2) is 6.29 Å². The summed E-state index contributed by atoms with van der Waals surface area (Å²) < 4.78 is 0. The van der Waals surface area contributed by atoms with Crippen molar-refractivity contribution in [2.45, 2.75) is 6.42 Å². The summed E-state index contributed by atoms with van der Waals surface area (Å²) >= 11 is 0. The summed E-state index contributed by atoms with van der Waals surface area (Å²) in [6.07, 6.45) is 1.51. The number of rotatable bonds is 3. The van der Waals surface area contributed by atoms with Crippen molar-refractivity contribution in [3.8, 4) is 5.75 Å². The van der Waals surface area contributed by atoms with E-state index in [0.29, 0.717) is 18.4 Å². The fourth-order valence-electron chi connectivity index (χ4n) is 3.20. The van der Waals surface area contributed by atoms with Gasteiger partial charge in [0.25, 0.3) is 0 Å². The first-order valence-corrected chi connectivity index (χ1v) is 7.68. The second-order valence-corrected chi connectivity index (χ2v) is 6.19. The molecule has 0 bridgehead atoms. The Morgan fingerprint density at radius 1 is 1.30 bits per heavy atom. The third kappa shape index (κ3) is 2.74. The van der Waals surface area contributed by atoms with Crippen LogP contribution in [0.15, 0.2) is 30.3 Å². The highest BCUT2D eigenvalue weighted by molar-refractivity contribution is 6.02. The van der Waals surface area contributed by atoms with E-state index in [1.54, 1.807) is 25.1 Å². The number of hydrogen-bond acceptors (Lipinski definition) is 4. The van der Waals surface area contributed by atoms with Crippen LogP contribution >= 0.6 is 0 Å². The molecule has 1 amide bonds. The minimum absolute atomic E-state index is 0.00765. The molecule has 3 rings (SSSR count). The zero-order valence-corrected chi connectivity index (χ0v) is 13.3. The Hall–Kier alpha value is -2.56. The Morgan fingerprint density at radius 2 is 2.04 bits per heavy atom. The lowest BCUT2D eigenvalue weighted by Gasteiger charge is -2.20. The number of fused-ring (bicyclic) bond motifs is 1. The molecule has 1 unspecified atom stereocenters. The average molecular weight is 312 g/mol. The molecule has 1 fully saturated rings. The van der Waals surface area contributed by atoms with Crippen LogP contribution in [0.25, 0.3) is 10.8 Å². The number of carbonyl (C=O) groups excluding carboxylic acids is 2. The van der Waals surface area contributed by atoms with E-state index in [1.165, 1.54) is 6.07 Å². The number of hydrogen-bond donors (Lipinski definition) is 1. The number of benzene rings is 2. The van der Waals surface area contributed by atoms with Crippen LogP contribution in [0, 0.1) is 5.92 Å². The van der Waals surface area contributed by atoms with Gasteiger partial charge in [-0.25, -0.2) is 0 Å². The molecular weight excluding hydrogens is 292 g/mol. The lowest BCUT2D eigenvalue weighted by atomic mass is 10.0. The van der Waals surface area contributed by atoms with Crippen LogP contribution in [-0.2, 0) is 4.79 Å². The molecule has 5 heteroatoms. The smallest absolute Gasteiger partial charge is 0.227 e. The highest BCUT2D eigenvalue weighted by atomic mass is 16.3. The van der Waals surface area contributed by atoms with E-state index in [4.69, 9.17) is 0 Å². The van der Waals surface area contributed by atoms with Crippen LogP contribution in [-0.4, -0.2) is 49.4 Å². The average Bonchev–Trinajstić information content (AvgIpc) is 3.03. The summed E-state index contributed by atoms with van der Waals surface area (Å²) in [7, 11) is 3.56. The van der Waals surface area contributed by atoms with E-state index in [1.807, 2.05) is 18.2 Å². The van der Waals surface area contributed by atoms with Crippen molar-refractivity contribution in [2.24, 2.45) is 5.92 Å². The van der Waals surface area contributed by atoms with Gasteiger partial charge in [0.2, 0.25) is 5.91 Å². The molecule has 0 spiro atoms. The highest BCUT2D eigenvalue weighted by Crippen LogP contribution is 2.31. The van der Waals surface area contributed by atoms with Crippen molar-refractivity contribution in [2.75, 3.05) is 32.1 Å². The number of nitrogens with zero attached hydrogens (tertiary/aromatic N) is 2. The predicted molar refractivity (Wildman–Crippen MR) is 90.0 cm³/mol. The van der Waals surface area contributed by atoms with Crippen molar-refractivity contribution in [1.82, 2.24) is 4.90 Å². The molecular formula is C18H20N2O3. The number of carbonyl (C=O) groups is 2. The van der Waals surface area contributed by atoms with E-state index in [2.05, 4.69) is 4.90 Å². The number of anilines is 1. The Labute approximate surface area is 135 Å². The fraction of sp³-hybridized carbons (Fsp3) is 0.333. The first-order valence-electron chi connectivity index (χ1n) is 7.68. The Kier molecular flexibility index (Phi) is 3.94. The van der Waals surface area contributed by atoms with Gasteiger partial charge in [-0.2, -0.15) is 0 Å². The molecule has 2 aromatic carbocycles. The van der Waals surface area contributed by atoms with Gasteiger partial charge in [-0.3, -0.25) is 9.59 Å². The van der Waals surface area contributed by atoms with Crippen molar-refractivity contribution in [1.29, 1.82) is 0 Å². The van der Waals surface area contributed by atoms with Crippen LogP contribution in [0.1, 0.15) is 16.8 Å². The van der Waals surface area contributed by atoms with Gasteiger partial charge < -0.3 is 14.9 Å². The number of phenols is 1. The zero-order valence-electron chi connectivity index (χ0n) is 13.3. The van der Waals surface area contributed by atoms with Gasteiger partial charge >= 0.3 is 0 Å². The summed E-state index contributed by atoms with van der Waals surface area (Å²) in [5, 5.41) is 11.5. The number of aldehydes is 1. The highest BCUT2D eigenvalue weighted by Gasteiger charge is 2.29. The molecule has 2 aromatic rings. The maximum atomic E-state index is 12.1. The Morgan fingerprint density at radius 3 is 2.74 bits per heavy atom. The fourth-order valence-corrected chi connectivity index (χ4v) is 3.20. The van der Waals surface area contributed by atoms with Crippen molar-refractivity contribution < 1.29 is 14.7 Å². The molecule has 0 saturated carbocycles. The molecule has 1 heterocycles. The molecule has 23 heavy (non-hydrogen) atoms. The summed E-state index contributed by atoms with van der Waals surface area (Å²) in [5.74, 6) is 0.154. The van der Waals surface area contributed by atoms with E-state index in [0.717, 1.165) is 29.4 Å². The summed E-state index contributed by atoms with van der Waals surface area (Å²) in [6.45, 7) is 1.49. The van der Waals surface area contributed by atoms with Gasteiger partial charge in [-0.1, -0.05) is 12.1 Å². The third-order valence-electron chi connectivity index (χ3n) is 4.49. The first-order chi connectivity index (χ1) is 11.0. The van der Waals surface area contributed by atoms with Gasteiger partial charge in [0.05, 0.1) is 11.5 Å². The van der Waals surface area contributed by atoms with E-state index in [-0.39, 0.29) is 17.6 Å². The molecule has 5 nitrogen and oxygen atoms in total. The normalized spacial score (nSPS) is 17.5. The SMILES string of the molecule is CN(C)C(=O)C1CCN(c2ccc3ccc(O)c(C=O)c3c2)C1. The topological polar surface area (TPSA) is 60.9 Å². The maximum absolute atomic E-state index is 12.1. The largest absolute Gasteiger partial charge is 0.507 e. The minimum atomic E-state index is -0.00765. The number of aromatic hydroxyl groups is 1. The Balaban J connectivity index is 1.92. The molecule has 1 N–H and O–H groups in total. The Bertz CT molecular complexity index is 770. The molecule has 1 atom stereocenters. The van der Waals surface area contributed by atoms with Crippen LogP contribution in [0.3, 0.4) is 0 Å². The van der Waals surface area contributed by atoms with Crippen LogP contribution in [0.5, 0.6) is 5.75 Å². The van der Waals surface area contributed by atoms with Crippen LogP contribution in [0.2, 0.25) is 0 Å². The summed E-state index contributed by atoms with van der Waals surface area (Å²) in [5.41, 5.74) is 1.28. The standard InChI is InChI=1S/C18H20N2O3/c1-19(2)18(23)13-7-8-20(10-13)14-5-3-12-4-6-17(22)16(11-21)15(12)9-14/h3-6,9,11,13,22H,7-8,10H2,1-2H3. The molecule has 0 aliphatic carbocycles. The van der Waals surface area contributed by atoms with Gasteiger partial charge in [-0.15, -0.1) is 0 Å². The maximum Gasteiger partial charge on any atom is 0.227 e. The monoisotopic (exact) mass is 312 g/mol. The number of amides is 1. The minimum Gasteiger partial charge on any atom is -0.507 e. The zero-order chi connectivity index (χ0) is 16.6. The van der Waals surface area contributed by atoms with Crippen LogP contribution in [0.4, 0.5) is 5.69 Å². The molecule has 1 saturated heterocycles. The second-order valence-electron chi connectivity index (χ2n) is 6.19. The number of phenolic OH excluding ortho intramolecular Hbond substituents is 1. The lowest BCUT2D eigenvalue weighted by molar-refractivity contribution is -0.132. The molecule has 0 radical (unpaired) electrons. The molecule has 1 aliphatic heterocycles. The second kappa shape index (κ2) is 5.91. The van der Waals surface area contributed by atoms with E-state index >= 15 is 0 Å². The van der Waals surface area contributed by atoms with Gasteiger partial charge in [0, 0.05) is 32.9 Å². The molecule has 1 aliphatic rings. The van der Waals surface area contributed by atoms with Crippen molar-refractivity contribution >= 4 is 28.7 Å². The molecule has 0 aromatic heterocycles. The predicted octanol–water partition coefficient (Wildman–Crippen LogP) is 2.27. The summed E-state index contributed by atoms with van der Waals surface area (Å²) in [4.78, 5) is 27.2. The van der Waals surface area contributed by atoms with Crippen LogP contribution < -0.4 is 4.90 Å². The first kappa shape index (κ1) is 15.3. The van der Waals surface area contributed by atoms with Crippen molar-refractivity contribution in [3.63, 3.8) is 0 Å². The van der Waals surface area contributed by atoms with Gasteiger partial charge in [0.1, 0.15) is 5.75 Å².